The molecule has 0 atom stereocenters. The molecule has 2 nitrogen and oxygen atoms in total. The minimum absolute atomic E-state index is 0.0358. The van der Waals surface area contributed by atoms with Gasteiger partial charge in [0.1, 0.15) is 11.5 Å². The highest BCUT2D eigenvalue weighted by Gasteiger charge is 2.20. The smallest absolute Gasteiger partial charge is 0.132 e. The van der Waals surface area contributed by atoms with Gasteiger partial charge in [0.25, 0.3) is 0 Å². The van der Waals surface area contributed by atoms with Gasteiger partial charge in [0.05, 0.1) is 0 Å². The van der Waals surface area contributed by atoms with Gasteiger partial charge in [-0.3, -0.25) is 0 Å². The number of nitrogens with two attached hydrogens (primary N) is 1. The second-order valence-corrected chi connectivity index (χ2v) is 6.67. The van der Waals surface area contributed by atoms with E-state index in [0.717, 1.165) is 17.1 Å². The van der Waals surface area contributed by atoms with E-state index >= 15 is 0 Å². The first-order valence-electron chi connectivity index (χ1n) is 7.40. The zero-order valence-corrected chi connectivity index (χ0v) is 13.7. The van der Waals surface area contributed by atoms with Crippen LogP contribution in [0.15, 0.2) is 36.4 Å². The zero-order chi connectivity index (χ0) is 15.6. The van der Waals surface area contributed by atoms with Crippen molar-refractivity contribution in [1.82, 2.24) is 0 Å². The van der Waals surface area contributed by atoms with Gasteiger partial charge in [-0.15, -0.1) is 0 Å². The number of hydrogen-bond acceptors (Lipinski definition) is 2. The van der Waals surface area contributed by atoms with Crippen LogP contribution in [0.25, 0.3) is 0 Å². The standard InChI is InChI=1S/C19H25NO/c1-13-7-9-17(16(10-13)19(3,4)5)21-18-11-14(2)6-8-15(18)12-20/h6-11H,12,20H2,1-5H3. The van der Waals surface area contributed by atoms with Crippen molar-refractivity contribution in [2.24, 2.45) is 5.73 Å². The number of ether oxygens (including phenoxy) is 1. The first kappa shape index (κ1) is 15.6. The number of hydrogen-bond donors (Lipinski definition) is 1. The van der Waals surface area contributed by atoms with E-state index in [1.54, 1.807) is 0 Å². The third kappa shape index (κ3) is 3.64. The average molecular weight is 283 g/mol. The number of aryl methyl sites for hydroxylation is 2. The molecule has 0 amide bonds. The van der Waals surface area contributed by atoms with Gasteiger partial charge >= 0.3 is 0 Å². The third-order valence-electron chi connectivity index (χ3n) is 3.61. The van der Waals surface area contributed by atoms with Crippen molar-refractivity contribution in [1.29, 1.82) is 0 Å². The van der Waals surface area contributed by atoms with Gasteiger partial charge in [-0.1, -0.05) is 50.6 Å². The predicted molar refractivity (Wildman–Crippen MR) is 89.0 cm³/mol. The number of rotatable bonds is 3. The maximum atomic E-state index is 6.21. The van der Waals surface area contributed by atoms with Crippen LogP contribution in [0.5, 0.6) is 11.5 Å². The Balaban J connectivity index is 2.47. The quantitative estimate of drug-likeness (QED) is 0.873. The minimum Gasteiger partial charge on any atom is -0.457 e. The molecule has 112 valence electrons. The maximum Gasteiger partial charge on any atom is 0.132 e. The van der Waals surface area contributed by atoms with Crippen LogP contribution in [-0.4, -0.2) is 0 Å². The summed E-state index contributed by atoms with van der Waals surface area (Å²) >= 11 is 0. The van der Waals surface area contributed by atoms with Crippen molar-refractivity contribution < 1.29 is 4.74 Å². The molecule has 0 saturated heterocycles. The second-order valence-electron chi connectivity index (χ2n) is 6.67. The fourth-order valence-electron chi connectivity index (χ4n) is 2.36. The molecule has 2 heteroatoms. The van der Waals surface area contributed by atoms with Gasteiger partial charge in [0, 0.05) is 17.7 Å². The lowest BCUT2D eigenvalue weighted by atomic mass is 9.85. The summed E-state index contributed by atoms with van der Waals surface area (Å²) in [5.41, 5.74) is 10.5. The van der Waals surface area contributed by atoms with E-state index in [1.165, 1.54) is 16.7 Å². The molecule has 0 radical (unpaired) electrons. The fourth-order valence-corrected chi connectivity index (χ4v) is 2.36. The molecule has 0 bridgehead atoms. The van der Waals surface area contributed by atoms with Gasteiger partial charge in [-0.05, 0) is 37.0 Å². The second kappa shape index (κ2) is 5.90. The van der Waals surface area contributed by atoms with Crippen LogP contribution in [0.4, 0.5) is 0 Å². The monoisotopic (exact) mass is 283 g/mol. The van der Waals surface area contributed by atoms with Crippen LogP contribution in [-0.2, 0) is 12.0 Å². The summed E-state index contributed by atoms with van der Waals surface area (Å²) in [6.45, 7) is 11.3. The molecule has 2 N–H and O–H groups in total. The summed E-state index contributed by atoms with van der Waals surface area (Å²) in [5.74, 6) is 1.76. The normalized spacial score (nSPS) is 11.5. The van der Waals surface area contributed by atoms with Crippen molar-refractivity contribution in [3.63, 3.8) is 0 Å². The van der Waals surface area contributed by atoms with E-state index < -0.39 is 0 Å². The lowest BCUT2D eigenvalue weighted by Gasteiger charge is -2.24. The Bertz CT molecular complexity index is 638. The van der Waals surface area contributed by atoms with E-state index in [4.69, 9.17) is 10.5 Å². The van der Waals surface area contributed by atoms with Gasteiger partial charge < -0.3 is 10.5 Å². The van der Waals surface area contributed by atoms with E-state index in [9.17, 15) is 0 Å². The van der Waals surface area contributed by atoms with Crippen LogP contribution in [0.2, 0.25) is 0 Å². The molecule has 0 spiro atoms. The minimum atomic E-state index is 0.0358. The molecule has 0 saturated carbocycles. The van der Waals surface area contributed by atoms with Gasteiger partial charge in [-0.2, -0.15) is 0 Å². The van der Waals surface area contributed by atoms with Crippen molar-refractivity contribution in [3.05, 3.63) is 58.7 Å². The van der Waals surface area contributed by atoms with E-state index in [-0.39, 0.29) is 5.41 Å². The topological polar surface area (TPSA) is 35.2 Å². The first-order valence-corrected chi connectivity index (χ1v) is 7.40. The highest BCUT2D eigenvalue weighted by atomic mass is 16.5. The Labute approximate surface area is 127 Å². The molecule has 2 aromatic carbocycles. The zero-order valence-electron chi connectivity index (χ0n) is 13.7. The van der Waals surface area contributed by atoms with Crippen molar-refractivity contribution >= 4 is 0 Å². The summed E-state index contributed by atoms with van der Waals surface area (Å²) in [4.78, 5) is 0. The summed E-state index contributed by atoms with van der Waals surface area (Å²) in [5, 5.41) is 0. The van der Waals surface area contributed by atoms with Crippen molar-refractivity contribution in [2.75, 3.05) is 0 Å². The molecule has 0 heterocycles. The largest absolute Gasteiger partial charge is 0.457 e. The average Bonchev–Trinajstić information content (AvgIpc) is 2.40. The van der Waals surface area contributed by atoms with Crippen LogP contribution in [0, 0.1) is 13.8 Å². The lowest BCUT2D eigenvalue weighted by molar-refractivity contribution is 0.450. The summed E-state index contributed by atoms with van der Waals surface area (Å²) < 4.78 is 6.21. The Morgan fingerprint density at radius 2 is 1.52 bits per heavy atom. The van der Waals surface area contributed by atoms with Gasteiger partial charge in [0.2, 0.25) is 0 Å². The molecule has 2 rings (SSSR count). The highest BCUT2D eigenvalue weighted by Crippen LogP contribution is 2.36. The molecular formula is C19H25NO. The summed E-state index contributed by atoms with van der Waals surface area (Å²) in [7, 11) is 0. The van der Waals surface area contributed by atoms with E-state index in [0.29, 0.717) is 6.54 Å². The molecule has 21 heavy (non-hydrogen) atoms. The van der Waals surface area contributed by atoms with Gasteiger partial charge in [-0.25, -0.2) is 0 Å². The summed E-state index contributed by atoms with van der Waals surface area (Å²) in [6.07, 6.45) is 0. The number of benzene rings is 2. The molecule has 0 aromatic heterocycles. The lowest BCUT2D eigenvalue weighted by Crippen LogP contribution is -2.13. The fraction of sp³-hybridized carbons (Fsp3) is 0.368. The van der Waals surface area contributed by atoms with Gasteiger partial charge in [0.15, 0.2) is 0 Å². The highest BCUT2D eigenvalue weighted by molar-refractivity contribution is 5.46. The van der Waals surface area contributed by atoms with Crippen molar-refractivity contribution in [3.8, 4) is 11.5 Å². The molecule has 0 unspecified atom stereocenters. The van der Waals surface area contributed by atoms with Crippen LogP contribution in [0.1, 0.15) is 43.0 Å². The Hall–Kier alpha value is -1.80. The van der Waals surface area contributed by atoms with Crippen molar-refractivity contribution in [2.45, 2.75) is 46.6 Å². The Morgan fingerprint density at radius 3 is 2.14 bits per heavy atom. The molecular weight excluding hydrogens is 258 g/mol. The van der Waals surface area contributed by atoms with Crippen LogP contribution >= 0.6 is 0 Å². The van der Waals surface area contributed by atoms with Crippen LogP contribution < -0.4 is 10.5 Å². The Morgan fingerprint density at radius 1 is 0.905 bits per heavy atom. The van der Waals surface area contributed by atoms with E-state index in [1.807, 2.05) is 6.07 Å². The molecule has 0 aliphatic rings. The molecule has 2 aromatic rings. The summed E-state index contributed by atoms with van der Waals surface area (Å²) in [6, 6.07) is 12.5. The third-order valence-corrected chi connectivity index (χ3v) is 3.61. The predicted octanol–water partition coefficient (Wildman–Crippen LogP) is 4.85. The van der Waals surface area contributed by atoms with E-state index in [2.05, 4.69) is 65.0 Å². The van der Waals surface area contributed by atoms with Crippen LogP contribution in [0.3, 0.4) is 0 Å². The maximum absolute atomic E-state index is 6.21. The SMILES string of the molecule is Cc1ccc(CN)c(Oc2ccc(C)cc2C(C)(C)C)c1. The first-order chi connectivity index (χ1) is 9.81. The molecule has 0 fully saturated rings. The molecule has 0 aliphatic carbocycles. The molecule has 0 aliphatic heterocycles. The Kier molecular flexibility index (Phi) is 4.38.